The van der Waals surface area contributed by atoms with Crippen molar-refractivity contribution >= 4 is 17.3 Å². The zero-order chi connectivity index (χ0) is 22.8. The largest absolute Gasteiger partial charge is 0.490 e. The van der Waals surface area contributed by atoms with E-state index in [9.17, 15) is 9.18 Å². The van der Waals surface area contributed by atoms with Crippen LogP contribution in [0.25, 0.3) is 11.3 Å². The number of para-hydroxylation sites is 1. The van der Waals surface area contributed by atoms with Crippen molar-refractivity contribution in [1.82, 2.24) is 20.6 Å². The summed E-state index contributed by atoms with van der Waals surface area (Å²) in [5.74, 6) is 0.0564. The number of carbonyl (C=O) groups excluding carboxylic acids is 1. The molecule has 1 amide bonds. The summed E-state index contributed by atoms with van der Waals surface area (Å²) in [6, 6.07) is 6.84. The Morgan fingerprint density at radius 3 is 2.91 bits per heavy atom. The van der Waals surface area contributed by atoms with Crippen molar-refractivity contribution in [1.29, 1.82) is 0 Å². The van der Waals surface area contributed by atoms with E-state index in [1.54, 1.807) is 31.5 Å². The summed E-state index contributed by atoms with van der Waals surface area (Å²) < 4.78 is 26.1. The van der Waals surface area contributed by atoms with Crippen LogP contribution in [0.5, 0.6) is 11.5 Å². The number of aromatic nitrogens is 2. The molecule has 5 rings (SSSR count). The van der Waals surface area contributed by atoms with Gasteiger partial charge in [0, 0.05) is 36.5 Å². The Morgan fingerprint density at radius 2 is 2.12 bits per heavy atom. The van der Waals surface area contributed by atoms with Crippen molar-refractivity contribution in [2.45, 2.75) is 25.8 Å². The number of H-pyrrole nitrogens is 1. The standard InChI is InChI=1S/C24H26FN5O3/c1-2-32-23-16(25)4-3-5-18(23)30-22-20-17(8-11-28-24(20)31)29-21(22)15-7-9-26-12-19(15)33-13-14-6-10-27-14/h3-5,7,9,12,14,27,29-30H,2,6,8,10-11,13H2,1H3,(H,28,31)/t14-/m1/s1. The third kappa shape index (κ3) is 4.11. The van der Waals surface area contributed by atoms with Crippen LogP contribution in [-0.2, 0) is 6.42 Å². The number of halogens is 1. The lowest BCUT2D eigenvalue weighted by atomic mass is 10.0. The van der Waals surface area contributed by atoms with Crippen LogP contribution in [0.15, 0.2) is 36.7 Å². The van der Waals surface area contributed by atoms with Gasteiger partial charge in [0.15, 0.2) is 11.6 Å². The molecule has 8 nitrogen and oxygen atoms in total. The fourth-order valence-electron chi connectivity index (χ4n) is 4.12. The first-order chi connectivity index (χ1) is 16.2. The molecule has 2 aliphatic heterocycles. The van der Waals surface area contributed by atoms with Crippen molar-refractivity contribution in [3.05, 3.63) is 53.7 Å². The maximum absolute atomic E-state index is 14.5. The Balaban J connectivity index is 1.59. The number of amides is 1. The zero-order valence-electron chi connectivity index (χ0n) is 18.3. The van der Waals surface area contributed by atoms with E-state index in [4.69, 9.17) is 9.47 Å². The smallest absolute Gasteiger partial charge is 0.255 e. The Morgan fingerprint density at radius 1 is 1.24 bits per heavy atom. The SMILES string of the molecule is CCOc1c(F)cccc1Nc1c(-c2ccncc2OC[C@H]2CCN2)[nH]c2c1C(=O)NCC2. The third-order valence-electron chi connectivity index (χ3n) is 5.90. The monoisotopic (exact) mass is 451 g/mol. The van der Waals surface area contributed by atoms with Crippen LogP contribution in [0.3, 0.4) is 0 Å². The van der Waals surface area contributed by atoms with Gasteiger partial charge in [0.2, 0.25) is 0 Å². The van der Waals surface area contributed by atoms with Crippen LogP contribution in [0.1, 0.15) is 29.4 Å². The number of anilines is 2. The second-order valence-corrected chi connectivity index (χ2v) is 8.03. The molecule has 172 valence electrons. The van der Waals surface area contributed by atoms with Gasteiger partial charge < -0.3 is 30.4 Å². The molecule has 1 fully saturated rings. The Bertz CT molecular complexity index is 1170. The lowest BCUT2D eigenvalue weighted by Gasteiger charge is -2.27. The van der Waals surface area contributed by atoms with E-state index < -0.39 is 5.82 Å². The molecule has 0 aliphatic carbocycles. The summed E-state index contributed by atoms with van der Waals surface area (Å²) in [6.45, 7) is 4.18. The van der Waals surface area contributed by atoms with Gasteiger partial charge in [0.25, 0.3) is 5.91 Å². The van der Waals surface area contributed by atoms with E-state index >= 15 is 0 Å². The number of fused-ring (bicyclic) bond motifs is 1. The lowest BCUT2D eigenvalue weighted by Crippen LogP contribution is -2.46. The second kappa shape index (κ2) is 9.11. The maximum Gasteiger partial charge on any atom is 0.255 e. The van der Waals surface area contributed by atoms with Crippen LogP contribution >= 0.6 is 0 Å². The molecule has 0 saturated carbocycles. The summed E-state index contributed by atoms with van der Waals surface area (Å²) in [5, 5.41) is 9.49. The van der Waals surface area contributed by atoms with Crippen molar-refractivity contribution < 1.29 is 18.7 Å². The molecule has 1 atom stereocenters. The molecular weight excluding hydrogens is 425 g/mol. The Labute approximate surface area is 190 Å². The Kier molecular flexibility index (Phi) is 5.87. The molecule has 1 aromatic carbocycles. The molecule has 1 saturated heterocycles. The quantitative estimate of drug-likeness (QED) is 0.419. The highest BCUT2D eigenvalue weighted by Gasteiger charge is 2.29. The highest BCUT2D eigenvalue weighted by atomic mass is 19.1. The minimum atomic E-state index is -0.474. The molecule has 2 aliphatic rings. The first kappa shape index (κ1) is 21.3. The van der Waals surface area contributed by atoms with E-state index in [1.165, 1.54) is 6.07 Å². The summed E-state index contributed by atoms with van der Waals surface area (Å²) in [6.07, 6.45) is 5.08. The lowest BCUT2D eigenvalue weighted by molar-refractivity contribution is 0.0947. The zero-order valence-corrected chi connectivity index (χ0v) is 18.3. The molecular formula is C24H26FN5O3. The van der Waals surface area contributed by atoms with Crippen LogP contribution in [-0.4, -0.2) is 48.2 Å². The molecule has 0 radical (unpaired) electrons. The Hall–Kier alpha value is -3.59. The van der Waals surface area contributed by atoms with Crippen LogP contribution < -0.4 is 25.4 Å². The minimum absolute atomic E-state index is 0.111. The van der Waals surface area contributed by atoms with Crippen molar-refractivity contribution in [3.8, 4) is 22.8 Å². The molecule has 4 N–H and O–H groups in total. The first-order valence-electron chi connectivity index (χ1n) is 11.2. The van der Waals surface area contributed by atoms with Crippen LogP contribution in [0.4, 0.5) is 15.8 Å². The average Bonchev–Trinajstić information content (AvgIpc) is 3.15. The number of aromatic amines is 1. The van der Waals surface area contributed by atoms with Crippen LogP contribution in [0.2, 0.25) is 0 Å². The summed E-state index contributed by atoms with van der Waals surface area (Å²) in [4.78, 5) is 20.5. The average molecular weight is 452 g/mol. The molecule has 33 heavy (non-hydrogen) atoms. The minimum Gasteiger partial charge on any atom is -0.490 e. The third-order valence-corrected chi connectivity index (χ3v) is 5.90. The maximum atomic E-state index is 14.5. The van der Waals surface area contributed by atoms with Gasteiger partial charge in [-0.2, -0.15) is 0 Å². The van der Waals surface area contributed by atoms with Crippen molar-refractivity contribution in [3.63, 3.8) is 0 Å². The van der Waals surface area contributed by atoms with E-state index in [0.29, 0.717) is 60.6 Å². The van der Waals surface area contributed by atoms with Gasteiger partial charge in [-0.3, -0.25) is 9.78 Å². The number of benzene rings is 1. The number of hydrogen-bond donors (Lipinski definition) is 4. The van der Waals surface area contributed by atoms with Gasteiger partial charge in [-0.1, -0.05) is 6.07 Å². The highest BCUT2D eigenvalue weighted by molar-refractivity contribution is 6.06. The van der Waals surface area contributed by atoms with Crippen molar-refractivity contribution in [2.24, 2.45) is 0 Å². The number of nitrogens with one attached hydrogen (secondary N) is 4. The molecule has 0 spiro atoms. The van der Waals surface area contributed by atoms with E-state index in [2.05, 4.69) is 25.9 Å². The van der Waals surface area contributed by atoms with E-state index in [-0.39, 0.29) is 11.7 Å². The molecule has 9 heteroatoms. The summed E-state index contributed by atoms with van der Waals surface area (Å²) in [5.41, 5.74) is 3.76. The second-order valence-electron chi connectivity index (χ2n) is 8.03. The van der Waals surface area contributed by atoms with Gasteiger partial charge >= 0.3 is 0 Å². The van der Waals surface area contributed by atoms with E-state index in [0.717, 1.165) is 24.2 Å². The van der Waals surface area contributed by atoms with Gasteiger partial charge in [-0.25, -0.2) is 4.39 Å². The summed E-state index contributed by atoms with van der Waals surface area (Å²) in [7, 11) is 0. The number of ether oxygens (including phenoxy) is 2. The predicted molar refractivity (Wildman–Crippen MR) is 123 cm³/mol. The highest BCUT2D eigenvalue weighted by Crippen LogP contribution is 2.42. The van der Waals surface area contributed by atoms with Gasteiger partial charge in [-0.15, -0.1) is 0 Å². The van der Waals surface area contributed by atoms with Crippen LogP contribution in [0, 0.1) is 5.82 Å². The molecule has 2 aromatic heterocycles. The fraction of sp³-hybridized carbons (Fsp3) is 0.333. The predicted octanol–water partition coefficient (Wildman–Crippen LogP) is 3.38. The number of rotatable bonds is 8. The topological polar surface area (TPSA) is 100 Å². The molecule has 0 unspecified atom stereocenters. The van der Waals surface area contributed by atoms with Crippen molar-refractivity contribution in [2.75, 3.05) is 31.6 Å². The number of nitrogens with zero attached hydrogens (tertiary/aromatic N) is 1. The number of pyridine rings is 1. The molecule has 4 heterocycles. The molecule has 3 aromatic rings. The van der Waals surface area contributed by atoms with E-state index in [1.807, 2.05) is 6.07 Å². The first-order valence-corrected chi connectivity index (χ1v) is 11.2. The van der Waals surface area contributed by atoms with Gasteiger partial charge in [0.1, 0.15) is 12.4 Å². The number of carbonyl (C=O) groups is 1. The van der Waals surface area contributed by atoms with Gasteiger partial charge in [0.05, 0.1) is 35.4 Å². The fourth-order valence-corrected chi connectivity index (χ4v) is 4.12. The normalized spacial score (nSPS) is 17.0. The van der Waals surface area contributed by atoms with Gasteiger partial charge in [-0.05, 0) is 38.1 Å². The number of hydrogen-bond acceptors (Lipinski definition) is 6. The molecule has 0 bridgehead atoms. The summed E-state index contributed by atoms with van der Waals surface area (Å²) >= 11 is 0.